The van der Waals surface area contributed by atoms with Crippen molar-refractivity contribution >= 4 is 33.2 Å². The normalized spacial score (nSPS) is 12.6. The molecule has 0 radical (unpaired) electrons. The van der Waals surface area contributed by atoms with E-state index >= 15 is 0 Å². The number of rotatable bonds is 3. The molecular weight excluding hydrogens is 260 g/mol. The van der Waals surface area contributed by atoms with Crippen molar-refractivity contribution in [2.24, 2.45) is 0 Å². The summed E-state index contributed by atoms with van der Waals surface area (Å²) in [5, 5.41) is 0.867. The fourth-order valence-electron chi connectivity index (χ4n) is 1.94. The van der Waals surface area contributed by atoms with Gasteiger partial charge in [0.25, 0.3) is 0 Å². The molecule has 0 aromatic carbocycles. The van der Waals surface area contributed by atoms with Gasteiger partial charge < -0.3 is 10.5 Å². The van der Waals surface area contributed by atoms with Crippen LogP contribution in [0.1, 0.15) is 41.2 Å². The topological polar surface area (TPSA) is 65.2 Å². The van der Waals surface area contributed by atoms with E-state index < -0.39 is 0 Å². The highest BCUT2D eigenvalue weighted by Crippen LogP contribution is 2.35. The fourth-order valence-corrected chi connectivity index (χ4v) is 3.04. The Morgan fingerprint density at radius 3 is 2.84 bits per heavy atom. The summed E-state index contributed by atoms with van der Waals surface area (Å²) in [6.07, 6.45) is 0.681. The zero-order valence-electron chi connectivity index (χ0n) is 11.6. The molecule has 0 aliphatic heterocycles. The van der Waals surface area contributed by atoms with Gasteiger partial charge in [0.05, 0.1) is 11.8 Å². The Kier molecular flexibility index (Phi) is 3.75. The molecule has 102 valence electrons. The third-order valence-corrected chi connectivity index (χ3v) is 4.17. The smallest absolute Gasteiger partial charge is 0.350 e. The monoisotopic (exact) mass is 278 g/mol. The average molecular weight is 278 g/mol. The second-order valence-corrected chi connectivity index (χ2v) is 5.73. The second kappa shape index (κ2) is 5.17. The third-order valence-electron chi connectivity index (χ3n) is 3.09. The minimum Gasteiger partial charge on any atom is -0.458 e. The Hall–Kier alpha value is -1.62. The first-order valence-corrected chi connectivity index (χ1v) is 7.12. The van der Waals surface area contributed by atoms with Crippen LogP contribution in [0.2, 0.25) is 0 Å². The molecule has 0 aliphatic rings. The molecule has 0 spiro atoms. The molecule has 1 atom stereocenters. The summed E-state index contributed by atoms with van der Waals surface area (Å²) >= 11 is 1.30. The fraction of sp³-hybridized carbons (Fsp3) is 0.429. The number of nitrogen functional groups attached to an aromatic ring is 1. The highest BCUT2D eigenvalue weighted by Gasteiger charge is 2.21. The number of esters is 1. The molecule has 2 N–H and O–H groups in total. The number of fused-ring (bicyclic) bond motifs is 1. The average Bonchev–Trinajstić information content (AvgIpc) is 2.66. The van der Waals surface area contributed by atoms with Crippen LogP contribution < -0.4 is 5.73 Å². The molecule has 2 heterocycles. The Bertz CT molecular complexity index is 634. The lowest BCUT2D eigenvalue weighted by molar-refractivity contribution is 0.0341. The molecule has 4 nitrogen and oxygen atoms in total. The number of aryl methyl sites for hydroxylation is 2. The number of thiophene rings is 1. The molecule has 5 heteroatoms. The first-order valence-electron chi connectivity index (χ1n) is 6.31. The van der Waals surface area contributed by atoms with Gasteiger partial charge in [-0.3, -0.25) is 0 Å². The lowest BCUT2D eigenvalue weighted by Gasteiger charge is -2.09. The largest absolute Gasteiger partial charge is 0.458 e. The lowest BCUT2D eigenvalue weighted by Crippen LogP contribution is -2.13. The molecule has 2 rings (SSSR count). The van der Waals surface area contributed by atoms with E-state index in [1.165, 1.54) is 11.3 Å². The Balaban J connectivity index is 2.48. The summed E-state index contributed by atoms with van der Waals surface area (Å²) < 4.78 is 5.33. The van der Waals surface area contributed by atoms with Crippen LogP contribution in [0.5, 0.6) is 0 Å². The van der Waals surface area contributed by atoms with Crippen molar-refractivity contribution in [3.05, 3.63) is 22.2 Å². The Labute approximate surface area is 116 Å². The van der Waals surface area contributed by atoms with Gasteiger partial charge in [0.2, 0.25) is 0 Å². The quantitative estimate of drug-likeness (QED) is 0.873. The zero-order valence-corrected chi connectivity index (χ0v) is 12.4. The highest BCUT2D eigenvalue weighted by molar-refractivity contribution is 7.21. The van der Waals surface area contributed by atoms with Crippen molar-refractivity contribution in [2.45, 2.75) is 40.2 Å². The summed E-state index contributed by atoms with van der Waals surface area (Å²) in [6.45, 7) is 7.75. The van der Waals surface area contributed by atoms with Crippen molar-refractivity contribution < 1.29 is 9.53 Å². The van der Waals surface area contributed by atoms with E-state index in [2.05, 4.69) is 4.98 Å². The number of carbonyl (C=O) groups is 1. The Morgan fingerprint density at radius 1 is 1.53 bits per heavy atom. The molecule has 0 bridgehead atoms. The number of ether oxygens (including phenoxy) is 1. The van der Waals surface area contributed by atoms with Gasteiger partial charge in [0, 0.05) is 11.1 Å². The molecule has 0 fully saturated rings. The standard InChI is InChI=1S/C14H18N2O2S/c1-5-9(4)18-14(17)12-11(15)10-7(2)6-8(3)16-13(10)19-12/h6,9H,5,15H2,1-4H3. The van der Waals surface area contributed by atoms with E-state index in [0.717, 1.165) is 27.9 Å². The third kappa shape index (κ3) is 2.56. The maximum atomic E-state index is 12.1. The van der Waals surface area contributed by atoms with Crippen molar-refractivity contribution in [1.82, 2.24) is 4.98 Å². The van der Waals surface area contributed by atoms with Crippen molar-refractivity contribution in [3.8, 4) is 0 Å². The Morgan fingerprint density at radius 2 is 2.21 bits per heavy atom. The number of nitrogens with two attached hydrogens (primary N) is 1. The minimum absolute atomic E-state index is 0.104. The van der Waals surface area contributed by atoms with E-state index in [-0.39, 0.29) is 12.1 Å². The second-order valence-electron chi connectivity index (χ2n) is 4.73. The number of pyridine rings is 1. The number of aromatic nitrogens is 1. The first-order chi connectivity index (χ1) is 8.93. The highest BCUT2D eigenvalue weighted by atomic mass is 32.1. The molecule has 19 heavy (non-hydrogen) atoms. The summed E-state index contributed by atoms with van der Waals surface area (Å²) in [5.41, 5.74) is 8.53. The molecule has 1 unspecified atom stereocenters. The minimum atomic E-state index is -0.355. The van der Waals surface area contributed by atoms with Gasteiger partial charge in [-0.05, 0) is 38.8 Å². The van der Waals surface area contributed by atoms with Crippen LogP contribution in [0.25, 0.3) is 10.2 Å². The van der Waals surface area contributed by atoms with Gasteiger partial charge in [-0.1, -0.05) is 6.92 Å². The van der Waals surface area contributed by atoms with Gasteiger partial charge in [-0.2, -0.15) is 0 Å². The summed E-state index contributed by atoms with van der Waals surface area (Å²) in [5.74, 6) is -0.355. The van der Waals surface area contributed by atoms with Crippen LogP contribution in [-0.4, -0.2) is 17.1 Å². The van der Waals surface area contributed by atoms with Gasteiger partial charge in [0.1, 0.15) is 9.71 Å². The van der Waals surface area contributed by atoms with Crippen LogP contribution >= 0.6 is 11.3 Å². The van der Waals surface area contributed by atoms with Crippen LogP contribution in [0, 0.1) is 13.8 Å². The van der Waals surface area contributed by atoms with Crippen LogP contribution in [0.15, 0.2) is 6.07 Å². The van der Waals surface area contributed by atoms with E-state index in [4.69, 9.17) is 10.5 Å². The van der Waals surface area contributed by atoms with Gasteiger partial charge in [-0.25, -0.2) is 9.78 Å². The molecule has 2 aromatic heterocycles. The zero-order chi connectivity index (χ0) is 14.2. The van der Waals surface area contributed by atoms with Crippen molar-refractivity contribution in [3.63, 3.8) is 0 Å². The van der Waals surface area contributed by atoms with Crippen molar-refractivity contribution in [1.29, 1.82) is 0 Å². The number of anilines is 1. The maximum Gasteiger partial charge on any atom is 0.350 e. The molecule has 0 saturated carbocycles. The molecule has 0 aliphatic carbocycles. The molecule has 2 aromatic rings. The first kappa shape index (κ1) is 13.8. The van der Waals surface area contributed by atoms with Gasteiger partial charge >= 0.3 is 5.97 Å². The molecule has 0 saturated heterocycles. The van der Waals surface area contributed by atoms with Crippen molar-refractivity contribution in [2.75, 3.05) is 5.73 Å². The van der Waals surface area contributed by atoms with E-state index in [1.807, 2.05) is 33.8 Å². The van der Waals surface area contributed by atoms with Crippen LogP contribution in [-0.2, 0) is 4.74 Å². The van der Waals surface area contributed by atoms with E-state index in [1.54, 1.807) is 0 Å². The lowest BCUT2D eigenvalue weighted by atomic mass is 10.1. The predicted octanol–water partition coefficient (Wildman–Crippen LogP) is 3.45. The van der Waals surface area contributed by atoms with Gasteiger partial charge in [-0.15, -0.1) is 11.3 Å². The van der Waals surface area contributed by atoms with E-state index in [0.29, 0.717) is 10.6 Å². The summed E-state index contributed by atoms with van der Waals surface area (Å²) in [6, 6.07) is 1.97. The molecule has 0 amide bonds. The summed E-state index contributed by atoms with van der Waals surface area (Å²) in [7, 11) is 0. The number of nitrogens with zero attached hydrogens (tertiary/aromatic N) is 1. The van der Waals surface area contributed by atoms with Crippen LogP contribution in [0.4, 0.5) is 5.69 Å². The predicted molar refractivity (Wildman–Crippen MR) is 78.7 cm³/mol. The maximum absolute atomic E-state index is 12.1. The molecular formula is C14H18N2O2S. The van der Waals surface area contributed by atoms with Crippen LogP contribution in [0.3, 0.4) is 0 Å². The van der Waals surface area contributed by atoms with Gasteiger partial charge in [0.15, 0.2) is 0 Å². The summed E-state index contributed by atoms with van der Waals surface area (Å²) in [4.78, 5) is 17.8. The number of hydrogen-bond acceptors (Lipinski definition) is 5. The van der Waals surface area contributed by atoms with E-state index in [9.17, 15) is 4.79 Å². The SMILES string of the molecule is CCC(C)OC(=O)c1sc2nc(C)cc(C)c2c1N. The number of hydrogen-bond donors (Lipinski definition) is 1. The number of carbonyl (C=O) groups excluding carboxylic acids is 1.